The van der Waals surface area contributed by atoms with E-state index in [-0.39, 0.29) is 18.2 Å². The van der Waals surface area contributed by atoms with Crippen molar-refractivity contribution in [2.45, 2.75) is 32.1 Å². The van der Waals surface area contributed by atoms with Crippen LogP contribution in [0.2, 0.25) is 0 Å². The molecule has 2 N–H and O–H groups in total. The number of amides is 1. The van der Waals surface area contributed by atoms with Crippen LogP contribution in [0.4, 0.5) is 0 Å². The summed E-state index contributed by atoms with van der Waals surface area (Å²) in [6, 6.07) is 7.69. The Balaban J connectivity index is 1.46. The second kappa shape index (κ2) is 8.99. The average Bonchev–Trinajstić information content (AvgIpc) is 3.15. The Kier molecular flexibility index (Phi) is 6.45. The fraction of sp³-hybridized carbons (Fsp3) is 0.450. The molecule has 144 valence electrons. The Labute approximate surface area is 162 Å². The van der Waals surface area contributed by atoms with Gasteiger partial charge in [-0.05, 0) is 55.9 Å². The summed E-state index contributed by atoms with van der Waals surface area (Å²) in [6.45, 7) is 0.612. The molecular weight excluding hydrogens is 364 g/mol. The van der Waals surface area contributed by atoms with Crippen LogP contribution in [-0.4, -0.2) is 35.6 Å². The lowest BCUT2D eigenvalue weighted by Gasteiger charge is -2.26. The largest absolute Gasteiger partial charge is 0.497 e. The highest BCUT2D eigenvalue weighted by Crippen LogP contribution is 2.28. The van der Waals surface area contributed by atoms with Gasteiger partial charge in [-0.2, -0.15) is 0 Å². The van der Waals surface area contributed by atoms with Gasteiger partial charge < -0.3 is 15.2 Å². The van der Waals surface area contributed by atoms with Gasteiger partial charge in [0.1, 0.15) is 10.8 Å². The summed E-state index contributed by atoms with van der Waals surface area (Å²) in [7, 11) is 1.63. The van der Waals surface area contributed by atoms with Gasteiger partial charge in [0.05, 0.1) is 25.1 Å². The average molecular weight is 388 g/mol. The van der Waals surface area contributed by atoms with Crippen molar-refractivity contribution in [3.05, 3.63) is 35.3 Å². The minimum Gasteiger partial charge on any atom is -0.497 e. The third-order valence-electron chi connectivity index (χ3n) is 5.01. The van der Waals surface area contributed by atoms with Gasteiger partial charge in [-0.25, -0.2) is 4.98 Å². The number of rotatable bonds is 7. The molecule has 1 aromatic carbocycles. The highest BCUT2D eigenvalue weighted by molar-refractivity contribution is 7.13. The first-order valence-corrected chi connectivity index (χ1v) is 10.0. The maximum atomic E-state index is 12.2. The Bertz CT molecular complexity index is 780. The number of methoxy groups -OCH3 is 1. The number of nitrogens with zero attached hydrogens (tertiary/aromatic N) is 1. The zero-order valence-corrected chi connectivity index (χ0v) is 16.1. The van der Waals surface area contributed by atoms with E-state index in [2.05, 4.69) is 10.3 Å². The van der Waals surface area contributed by atoms with Crippen LogP contribution in [0.25, 0.3) is 10.6 Å². The molecule has 0 unspecified atom stereocenters. The number of thiazole rings is 1. The molecule has 3 rings (SSSR count). The third-order valence-corrected chi connectivity index (χ3v) is 5.95. The van der Waals surface area contributed by atoms with Crippen molar-refractivity contribution in [3.63, 3.8) is 0 Å². The normalized spacial score (nSPS) is 19.4. The first-order chi connectivity index (χ1) is 13.0. The first-order valence-electron chi connectivity index (χ1n) is 9.13. The van der Waals surface area contributed by atoms with Gasteiger partial charge in [-0.15, -0.1) is 11.3 Å². The number of nitrogens with one attached hydrogen (secondary N) is 1. The molecule has 0 aliphatic heterocycles. The van der Waals surface area contributed by atoms with Gasteiger partial charge in [0, 0.05) is 17.5 Å². The summed E-state index contributed by atoms with van der Waals surface area (Å²) < 4.78 is 5.16. The summed E-state index contributed by atoms with van der Waals surface area (Å²) in [6.07, 6.45) is 3.38. The standard InChI is InChI=1S/C20H24N2O4S/c1-26-17-8-6-14(7-9-17)19-22-16(12-27-19)10-18(23)21-11-13-2-4-15(5-3-13)20(24)25/h6-9,12-13,15H,2-5,10-11H2,1H3,(H,21,23)(H,24,25). The van der Waals surface area contributed by atoms with Crippen LogP contribution in [-0.2, 0) is 16.0 Å². The second-order valence-electron chi connectivity index (χ2n) is 6.91. The van der Waals surface area contributed by atoms with E-state index in [1.807, 2.05) is 29.6 Å². The van der Waals surface area contributed by atoms with Crippen molar-refractivity contribution in [2.75, 3.05) is 13.7 Å². The van der Waals surface area contributed by atoms with Crippen molar-refractivity contribution in [3.8, 4) is 16.3 Å². The number of hydrogen-bond acceptors (Lipinski definition) is 5. The van der Waals surface area contributed by atoms with Crippen molar-refractivity contribution >= 4 is 23.2 Å². The molecule has 0 atom stereocenters. The van der Waals surface area contributed by atoms with Gasteiger partial charge in [0.2, 0.25) is 5.91 Å². The predicted octanol–water partition coefficient (Wildman–Crippen LogP) is 3.37. The van der Waals surface area contributed by atoms with Crippen LogP contribution >= 0.6 is 11.3 Å². The minimum atomic E-state index is -0.700. The fourth-order valence-electron chi connectivity index (χ4n) is 3.35. The number of aliphatic carboxylic acids is 1. The summed E-state index contributed by atoms with van der Waals surface area (Å²) in [5.41, 5.74) is 1.76. The number of carboxylic acids is 1. The number of carbonyl (C=O) groups excluding carboxylic acids is 1. The zero-order valence-electron chi connectivity index (χ0n) is 15.3. The van der Waals surface area contributed by atoms with Gasteiger partial charge in [0.15, 0.2) is 0 Å². The lowest BCUT2D eigenvalue weighted by atomic mass is 9.82. The van der Waals surface area contributed by atoms with Gasteiger partial charge in [0.25, 0.3) is 0 Å². The molecule has 7 heteroatoms. The van der Waals surface area contributed by atoms with Gasteiger partial charge in [-0.1, -0.05) is 0 Å². The predicted molar refractivity (Wildman–Crippen MR) is 104 cm³/mol. The lowest BCUT2D eigenvalue weighted by Crippen LogP contribution is -2.33. The Hall–Kier alpha value is -2.41. The van der Waals surface area contributed by atoms with Crippen molar-refractivity contribution < 1.29 is 19.4 Å². The number of hydrogen-bond donors (Lipinski definition) is 2. The Morgan fingerprint density at radius 1 is 1.22 bits per heavy atom. The summed E-state index contributed by atoms with van der Waals surface area (Å²) in [4.78, 5) is 27.7. The molecule has 6 nitrogen and oxygen atoms in total. The maximum Gasteiger partial charge on any atom is 0.306 e. The van der Waals surface area contributed by atoms with Gasteiger partial charge >= 0.3 is 5.97 Å². The highest BCUT2D eigenvalue weighted by atomic mass is 32.1. The lowest BCUT2D eigenvalue weighted by molar-refractivity contribution is -0.143. The topological polar surface area (TPSA) is 88.5 Å². The molecular formula is C20H24N2O4S. The number of aromatic nitrogens is 1. The molecule has 1 saturated carbocycles. The number of carboxylic acid groups (broad SMARTS) is 1. The van der Waals surface area contributed by atoms with Crippen molar-refractivity contribution in [2.24, 2.45) is 11.8 Å². The Morgan fingerprint density at radius 2 is 1.93 bits per heavy atom. The van der Waals surface area contributed by atoms with Crippen LogP contribution in [0, 0.1) is 11.8 Å². The molecule has 0 spiro atoms. The molecule has 1 fully saturated rings. The van der Waals surface area contributed by atoms with E-state index in [4.69, 9.17) is 9.84 Å². The monoisotopic (exact) mass is 388 g/mol. The van der Waals surface area contributed by atoms with E-state index in [9.17, 15) is 9.59 Å². The highest BCUT2D eigenvalue weighted by Gasteiger charge is 2.26. The molecule has 0 bridgehead atoms. The van der Waals surface area contributed by atoms with E-state index < -0.39 is 5.97 Å². The third kappa shape index (κ3) is 5.29. The minimum absolute atomic E-state index is 0.0399. The smallest absolute Gasteiger partial charge is 0.306 e. The Morgan fingerprint density at radius 3 is 2.56 bits per heavy atom. The molecule has 1 heterocycles. The summed E-state index contributed by atoms with van der Waals surface area (Å²) >= 11 is 1.52. The van der Waals surface area contributed by atoms with Crippen LogP contribution in [0.3, 0.4) is 0 Å². The molecule has 0 saturated heterocycles. The number of carbonyl (C=O) groups is 2. The van der Waals surface area contributed by atoms with Crippen LogP contribution < -0.4 is 10.1 Å². The van der Waals surface area contributed by atoms with Crippen LogP contribution in [0.1, 0.15) is 31.4 Å². The van der Waals surface area contributed by atoms with E-state index >= 15 is 0 Å². The molecule has 1 amide bonds. The van der Waals surface area contributed by atoms with Crippen molar-refractivity contribution in [1.29, 1.82) is 0 Å². The first kappa shape index (κ1) is 19.4. The summed E-state index contributed by atoms with van der Waals surface area (Å²) in [5.74, 6) is 0.209. The van der Waals surface area contributed by atoms with E-state index in [0.717, 1.165) is 34.9 Å². The van der Waals surface area contributed by atoms with Crippen LogP contribution in [0.5, 0.6) is 5.75 Å². The quantitative estimate of drug-likeness (QED) is 0.759. The zero-order chi connectivity index (χ0) is 19.2. The van der Waals surface area contributed by atoms with E-state index in [1.165, 1.54) is 11.3 Å². The van der Waals surface area contributed by atoms with Crippen molar-refractivity contribution in [1.82, 2.24) is 10.3 Å². The van der Waals surface area contributed by atoms with E-state index in [1.54, 1.807) is 7.11 Å². The number of benzene rings is 1. The SMILES string of the molecule is COc1ccc(-c2nc(CC(=O)NCC3CCC(C(=O)O)CC3)cs2)cc1. The molecule has 1 aromatic heterocycles. The molecule has 1 aliphatic rings. The van der Waals surface area contributed by atoms with E-state index in [0.29, 0.717) is 25.3 Å². The second-order valence-corrected chi connectivity index (χ2v) is 7.77. The maximum absolute atomic E-state index is 12.2. The van der Waals surface area contributed by atoms with Crippen LogP contribution in [0.15, 0.2) is 29.6 Å². The van der Waals surface area contributed by atoms with Gasteiger partial charge in [-0.3, -0.25) is 9.59 Å². The number of ether oxygens (including phenoxy) is 1. The molecule has 1 aliphatic carbocycles. The fourth-order valence-corrected chi connectivity index (χ4v) is 4.18. The summed E-state index contributed by atoms with van der Waals surface area (Å²) in [5, 5.41) is 14.8. The molecule has 27 heavy (non-hydrogen) atoms. The molecule has 2 aromatic rings. The molecule has 0 radical (unpaired) electrons.